The number of imidazole rings is 2. The molecule has 0 saturated carbocycles. The Labute approximate surface area is 262 Å². The normalized spacial score (nSPS) is 14.3. The van der Waals surface area contributed by atoms with Crippen LogP contribution >= 0.6 is 47.8 Å². The van der Waals surface area contributed by atoms with Crippen molar-refractivity contribution in [3.05, 3.63) is 119 Å². The summed E-state index contributed by atoms with van der Waals surface area (Å²) in [5.74, 6) is 2.08. The molecule has 2 aliphatic heterocycles. The largest absolute Gasteiger partial charge is 0.341 e. The summed E-state index contributed by atoms with van der Waals surface area (Å²) in [6, 6.07) is 21.9. The molecule has 0 atom stereocenters. The first-order valence-corrected chi connectivity index (χ1v) is 16.3. The van der Waals surface area contributed by atoms with Gasteiger partial charge in [0.05, 0.1) is 0 Å². The first-order valence-electron chi connectivity index (χ1n) is 13.2. The molecule has 6 aromatic heterocycles. The SMILES string of the molecule is CC.O=c1n(-c2ccccn2)c2c(n1-c1ccccn1)S[N+]1(S2)Sc2c(n(-c3ccccn3)c(=O)n2-c2ccccn2)S1. The summed E-state index contributed by atoms with van der Waals surface area (Å²) in [7, 11) is 0. The smallest absolute Gasteiger partial charge is 0.247 e. The maximum absolute atomic E-state index is 13.8. The molecule has 8 rings (SSSR count). The molecule has 0 aliphatic carbocycles. The average molecular weight is 645 g/mol. The summed E-state index contributed by atoms with van der Waals surface area (Å²) in [4.78, 5) is 45.6. The average Bonchev–Trinajstić information content (AvgIpc) is 3.74. The van der Waals surface area contributed by atoms with Crippen molar-refractivity contribution in [2.24, 2.45) is 0 Å². The van der Waals surface area contributed by atoms with Crippen LogP contribution in [0.2, 0.25) is 0 Å². The lowest BCUT2D eigenvalue weighted by molar-refractivity contribution is -0.268. The molecule has 0 N–H and O–H groups in total. The van der Waals surface area contributed by atoms with Crippen molar-refractivity contribution in [3.63, 3.8) is 0 Å². The first-order chi connectivity index (χ1) is 21.1. The van der Waals surface area contributed by atoms with Crippen LogP contribution in [0.3, 0.4) is 0 Å². The quantitative estimate of drug-likeness (QED) is 0.174. The standard InChI is InChI=1S/C26H16N9O2S4.C2H6/c36-25-31(17-9-1-5-13-27-17)21-22(32(25)18-10-2-6-14-28-18)39-35(38-21)40-23-24(41-35)34(20-12-4-8-16-30-20)26(37)33(23)19-11-3-7-15-29-19;1-2/h1-16H;1-2H3/q+1;. The lowest BCUT2D eigenvalue weighted by Crippen LogP contribution is -2.27. The number of hydrogen-bond acceptors (Lipinski definition) is 10. The van der Waals surface area contributed by atoms with Gasteiger partial charge >= 0.3 is 11.4 Å². The summed E-state index contributed by atoms with van der Waals surface area (Å²) in [5, 5.41) is 2.97. The van der Waals surface area contributed by atoms with E-state index in [9.17, 15) is 9.59 Å². The molecule has 0 amide bonds. The van der Waals surface area contributed by atoms with E-state index < -0.39 is 0 Å². The van der Waals surface area contributed by atoms with Crippen molar-refractivity contribution in [1.82, 2.24) is 38.2 Å². The van der Waals surface area contributed by atoms with Gasteiger partial charge in [-0.1, -0.05) is 40.2 Å². The Bertz CT molecular complexity index is 1750. The first kappa shape index (κ1) is 27.8. The second-order valence-corrected chi connectivity index (χ2v) is 14.5. The fraction of sp³-hybridized carbons (Fsp3) is 0.0714. The van der Waals surface area contributed by atoms with E-state index in [0.29, 0.717) is 23.3 Å². The lowest BCUT2D eigenvalue weighted by atomic mass is 10.4. The van der Waals surface area contributed by atoms with Crippen LogP contribution in [0, 0.1) is 0 Å². The van der Waals surface area contributed by atoms with Crippen molar-refractivity contribution in [3.8, 4) is 23.3 Å². The Morgan fingerprint density at radius 3 is 0.930 bits per heavy atom. The minimum atomic E-state index is -0.250. The molecule has 0 fully saturated rings. The van der Waals surface area contributed by atoms with E-state index in [1.54, 1.807) is 43.1 Å². The molecular weight excluding hydrogens is 623 g/mol. The van der Waals surface area contributed by atoms with Crippen LogP contribution in [-0.4, -0.2) is 40.3 Å². The minimum Gasteiger partial charge on any atom is -0.247 e. The second-order valence-electron chi connectivity index (χ2n) is 8.69. The third-order valence-corrected chi connectivity index (χ3v) is 12.3. The van der Waals surface area contributed by atoms with E-state index >= 15 is 0 Å². The number of aromatic nitrogens is 8. The molecule has 2 aliphatic rings. The lowest BCUT2D eigenvalue weighted by Gasteiger charge is -2.17. The molecule has 0 saturated heterocycles. The number of hydrogen-bond donors (Lipinski definition) is 0. The molecule has 0 unspecified atom stereocenters. The van der Waals surface area contributed by atoms with E-state index in [2.05, 4.69) is 19.9 Å². The summed E-state index contributed by atoms with van der Waals surface area (Å²) in [6.07, 6.45) is 6.67. The Morgan fingerprint density at radius 2 is 0.721 bits per heavy atom. The summed E-state index contributed by atoms with van der Waals surface area (Å²) >= 11 is 6.01. The summed E-state index contributed by atoms with van der Waals surface area (Å²) < 4.78 is 6.78. The van der Waals surface area contributed by atoms with Crippen molar-refractivity contribution in [2.45, 2.75) is 34.0 Å². The Hall–Kier alpha value is -4.02. The molecule has 11 nitrogen and oxygen atoms in total. The van der Waals surface area contributed by atoms with E-state index in [4.69, 9.17) is 0 Å². The molecule has 43 heavy (non-hydrogen) atoms. The number of rotatable bonds is 4. The molecule has 1 spiro atoms. The zero-order chi connectivity index (χ0) is 29.6. The van der Waals surface area contributed by atoms with Gasteiger partial charge in [0.2, 0.25) is 0 Å². The maximum Gasteiger partial charge on any atom is 0.341 e. The summed E-state index contributed by atoms with van der Waals surface area (Å²) in [6.45, 7) is 4.00. The molecule has 6 aromatic rings. The van der Waals surface area contributed by atoms with Gasteiger partial charge in [0, 0.05) is 24.8 Å². The van der Waals surface area contributed by atoms with Crippen LogP contribution in [0.1, 0.15) is 13.8 Å². The zero-order valence-corrected chi connectivity index (χ0v) is 26.0. The van der Waals surface area contributed by atoms with Crippen LogP contribution < -0.4 is 11.4 Å². The zero-order valence-electron chi connectivity index (χ0n) is 22.7. The highest BCUT2D eigenvalue weighted by molar-refractivity contribution is 8.31. The fourth-order valence-corrected chi connectivity index (χ4v) is 11.0. The van der Waals surface area contributed by atoms with E-state index in [1.165, 1.54) is 47.8 Å². The van der Waals surface area contributed by atoms with Crippen molar-refractivity contribution < 1.29 is 2.10 Å². The van der Waals surface area contributed by atoms with Crippen molar-refractivity contribution in [2.75, 3.05) is 0 Å². The fourth-order valence-electron chi connectivity index (χ4n) is 4.54. The molecule has 0 aromatic carbocycles. The number of nitrogens with zero attached hydrogens (tertiary/aromatic N) is 9. The van der Waals surface area contributed by atoms with Crippen LogP contribution in [0.15, 0.2) is 127 Å². The topological polar surface area (TPSA) is 105 Å². The van der Waals surface area contributed by atoms with Gasteiger partial charge in [-0.25, -0.2) is 47.8 Å². The Morgan fingerprint density at radius 1 is 0.465 bits per heavy atom. The minimum absolute atomic E-state index is 0.250. The molecule has 214 valence electrons. The summed E-state index contributed by atoms with van der Waals surface area (Å²) in [5.41, 5.74) is -0.499. The van der Waals surface area contributed by atoms with Crippen LogP contribution in [0.5, 0.6) is 0 Å². The van der Waals surface area contributed by atoms with Gasteiger partial charge in [-0.15, -0.1) is 0 Å². The maximum atomic E-state index is 13.8. The van der Waals surface area contributed by atoms with Gasteiger partial charge < -0.3 is 0 Å². The van der Waals surface area contributed by atoms with E-state index in [0.717, 1.165) is 20.1 Å². The van der Waals surface area contributed by atoms with Crippen LogP contribution in [0.4, 0.5) is 0 Å². The highest BCUT2D eigenvalue weighted by atomic mass is 32.3. The van der Waals surface area contributed by atoms with E-state index in [-0.39, 0.29) is 13.5 Å². The predicted molar refractivity (Wildman–Crippen MR) is 169 cm³/mol. The number of pyridine rings is 4. The molecule has 0 radical (unpaired) electrons. The van der Waals surface area contributed by atoms with Gasteiger partial charge in [-0.05, 0) is 48.5 Å². The monoisotopic (exact) mass is 644 g/mol. The second kappa shape index (κ2) is 11.2. The Kier molecular flexibility index (Phi) is 7.26. The van der Waals surface area contributed by atoms with Gasteiger partial charge in [0.25, 0.3) is 0 Å². The molecule has 0 bridgehead atoms. The van der Waals surface area contributed by atoms with Gasteiger partial charge in [-0.2, -0.15) is 0 Å². The predicted octanol–water partition coefficient (Wildman–Crippen LogP) is 5.75. The number of quaternary nitrogens is 1. The molecule has 15 heteroatoms. The van der Waals surface area contributed by atoms with Crippen molar-refractivity contribution in [1.29, 1.82) is 0 Å². The Balaban J connectivity index is 0.00000147. The third kappa shape index (κ3) is 4.55. The van der Waals surface area contributed by atoms with Gasteiger partial charge in [0.1, 0.15) is 23.3 Å². The van der Waals surface area contributed by atoms with E-state index in [1.807, 2.05) is 86.6 Å². The van der Waals surface area contributed by atoms with Crippen LogP contribution in [-0.2, 0) is 0 Å². The highest BCUT2D eigenvalue weighted by Gasteiger charge is 2.58. The molecule has 8 heterocycles. The highest BCUT2D eigenvalue weighted by Crippen LogP contribution is 2.71. The number of fused-ring (bicyclic) bond motifs is 2. The third-order valence-electron chi connectivity index (χ3n) is 6.25. The van der Waals surface area contributed by atoms with Crippen molar-refractivity contribution >= 4 is 47.8 Å². The molecular formula is C28H22N9O2S4+. The van der Waals surface area contributed by atoms with Gasteiger partial charge in [0.15, 0.2) is 67.9 Å². The van der Waals surface area contributed by atoms with Crippen LogP contribution in [0.25, 0.3) is 23.3 Å². The van der Waals surface area contributed by atoms with Gasteiger partial charge in [-0.3, -0.25) is 0 Å².